The van der Waals surface area contributed by atoms with Crippen molar-refractivity contribution in [2.45, 2.75) is 26.0 Å². The molecule has 0 aromatic heterocycles. The van der Waals surface area contributed by atoms with Crippen LogP contribution in [0.2, 0.25) is 0 Å². The van der Waals surface area contributed by atoms with E-state index in [1.165, 1.54) is 13.8 Å². The monoisotopic (exact) mass is 191 g/mol. The van der Waals surface area contributed by atoms with Crippen molar-refractivity contribution >= 4 is 20.0 Å². The molecule has 0 saturated heterocycles. The van der Waals surface area contributed by atoms with Crippen molar-refractivity contribution in [1.82, 2.24) is 5.32 Å². The fraction of sp³-hybridized carbons (Fsp3) is 0.714. The zero-order chi connectivity index (χ0) is 9.72. The van der Waals surface area contributed by atoms with Crippen LogP contribution in [0.5, 0.6) is 0 Å². The minimum atomic E-state index is -0.831. The average molecular weight is 191 g/mol. The average Bonchev–Trinajstić information content (AvgIpc) is 1.98. The van der Waals surface area contributed by atoms with Crippen LogP contribution in [0, 0.1) is 0 Å². The molecular weight excluding hydrogens is 177 g/mol. The van der Waals surface area contributed by atoms with Crippen molar-refractivity contribution in [2.24, 2.45) is 0 Å². The molecule has 0 aromatic carbocycles. The fourth-order valence-electron chi connectivity index (χ4n) is 0.775. The summed E-state index contributed by atoms with van der Waals surface area (Å²) < 4.78 is 0. The van der Waals surface area contributed by atoms with Crippen molar-refractivity contribution in [3.63, 3.8) is 0 Å². The number of Topliss-reactive ketones (excluding diaryl/α,β-unsaturated/α-hetero) is 1. The number of hydrogen-bond acceptors (Lipinski definition) is 3. The highest BCUT2D eigenvalue weighted by Gasteiger charge is 2.20. The Morgan fingerprint density at radius 2 is 2.00 bits per heavy atom. The van der Waals surface area contributed by atoms with E-state index in [0.717, 1.165) is 0 Å². The second kappa shape index (κ2) is 5.22. The first kappa shape index (κ1) is 11.5. The lowest BCUT2D eigenvalue weighted by Crippen LogP contribution is -2.45. The normalized spacial score (nSPS) is 16.0. The molecule has 0 aliphatic rings. The van der Waals surface area contributed by atoms with Gasteiger partial charge in [0.1, 0.15) is 6.04 Å². The summed E-state index contributed by atoms with van der Waals surface area (Å²) in [6.45, 7) is 4.54. The van der Waals surface area contributed by atoms with Gasteiger partial charge in [0.25, 0.3) is 0 Å². The predicted molar refractivity (Wildman–Crippen MR) is 48.9 cm³/mol. The van der Waals surface area contributed by atoms with Gasteiger partial charge in [-0.25, -0.2) is 0 Å². The van der Waals surface area contributed by atoms with Crippen LogP contribution in [0.3, 0.4) is 0 Å². The summed E-state index contributed by atoms with van der Waals surface area (Å²) in [5.74, 6) is -0.225. The van der Waals surface area contributed by atoms with Gasteiger partial charge < -0.3 is 10.4 Å². The minimum absolute atomic E-state index is 0.0964. The van der Waals surface area contributed by atoms with Gasteiger partial charge in [0.15, 0.2) is 5.78 Å². The zero-order valence-corrected chi connectivity index (χ0v) is 8.42. The van der Waals surface area contributed by atoms with E-state index >= 15 is 0 Å². The number of carbonyl (C=O) groups excluding carboxylic acids is 2. The molecule has 0 fully saturated rings. The number of rotatable bonds is 4. The summed E-state index contributed by atoms with van der Waals surface area (Å²) in [5, 5.41) is 11.5. The van der Waals surface area contributed by atoms with Crippen LogP contribution in [0.1, 0.15) is 13.8 Å². The summed E-state index contributed by atoms with van der Waals surface area (Å²) in [5.41, 5.74) is -0.198. The zero-order valence-electron chi connectivity index (χ0n) is 7.42. The number of ketones is 1. The first-order valence-electron chi connectivity index (χ1n) is 3.65. The molecule has 0 radical (unpaired) electrons. The largest absolute Gasteiger partial charge is 0.391 e. The van der Waals surface area contributed by atoms with E-state index in [9.17, 15) is 9.59 Å². The maximum atomic E-state index is 10.9. The lowest BCUT2D eigenvalue weighted by Gasteiger charge is -2.17. The van der Waals surface area contributed by atoms with Crippen molar-refractivity contribution in [2.75, 3.05) is 6.66 Å². The van der Waals surface area contributed by atoms with Crippen LogP contribution in [0.4, 0.5) is 4.79 Å². The van der Waals surface area contributed by atoms with Gasteiger partial charge in [-0.2, -0.15) is 0 Å². The second-order valence-corrected chi connectivity index (χ2v) is 3.51. The van der Waals surface area contributed by atoms with E-state index in [2.05, 4.69) is 5.32 Å². The van der Waals surface area contributed by atoms with Crippen LogP contribution in [0.15, 0.2) is 0 Å². The van der Waals surface area contributed by atoms with Crippen molar-refractivity contribution in [1.29, 1.82) is 0 Å². The number of nitrogens with one attached hydrogen (secondary N) is 1. The molecule has 12 heavy (non-hydrogen) atoms. The number of aliphatic hydroxyl groups excluding tert-OH is 1. The topological polar surface area (TPSA) is 66.4 Å². The van der Waals surface area contributed by atoms with Crippen LogP contribution < -0.4 is 5.32 Å². The molecule has 0 aliphatic carbocycles. The maximum absolute atomic E-state index is 10.9. The van der Waals surface area contributed by atoms with E-state index in [4.69, 9.17) is 5.11 Å². The highest BCUT2D eigenvalue weighted by Crippen LogP contribution is 2.05. The number of carbonyl (C=O) groups is 2. The number of hydrogen-bond donors (Lipinski definition) is 2. The summed E-state index contributed by atoms with van der Waals surface area (Å²) in [4.78, 5) is 21.7. The van der Waals surface area contributed by atoms with Crippen molar-refractivity contribution in [3.8, 4) is 0 Å². The second-order valence-electron chi connectivity index (χ2n) is 2.55. The Bertz CT molecular complexity index is 181. The summed E-state index contributed by atoms with van der Waals surface area (Å²) in [6, 6.07) is -0.759. The Balaban J connectivity index is 4.14. The third kappa shape index (κ3) is 3.79. The van der Waals surface area contributed by atoms with Crippen molar-refractivity contribution < 1.29 is 14.7 Å². The molecule has 2 N–H and O–H groups in total. The Morgan fingerprint density at radius 1 is 1.50 bits per heavy atom. The molecule has 0 aliphatic heterocycles. The highest BCUT2D eigenvalue weighted by atomic mass is 31.1. The number of amides is 1. The molecule has 1 amide bonds. The Morgan fingerprint density at radius 3 is 2.25 bits per heavy atom. The molecule has 0 bridgehead atoms. The first-order chi connectivity index (χ1) is 5.49. The van der Waals surface area contributed by atoms with E-state index in [-0.39, 0.29) is 20.0 Å². The van der Waals surface area contributed by atoms with Crippen LogP contribution >= 0.6 is 8.58 Å². The van der Waals surface area contributed by atoms with Crippen molar-refractivity contribution in [3.05, 3.63) is 0 Å². The Hall–Kier alpha value is -0.470. The molecule has 0 saturated carbocycles. The van der Waals surface area contributed by atoms with Crippen LogP contribution in [-0.4, -0.2) is 35.3 Å². The molecule has 5 heteroatoms. The van der Waals surface area contributed by atoms with Gasteiger partial charge in [-0.15, -0.1) is 0 Å². The molecule has 0 spiro atoms. The lowest BCUT2D eigenvalue weighted by atomic mass is 10.1. The van der Waals surface area contributed by atoms with Gasteiger partial charge in [-0.05, 0) is 29.1 Å². The fourth-order valence-corrected chi connectivity index (χ4v) is 1.08. The summed E-state index contributed by atoms with van der Waals surface area (Å²) in [7, 11) is 0.0964. The lowest BCUT2D eigenvalue weighted by molar-refractivity contribution is -0.120. The SMILES string of the molecule is CPC(=O)NC(C(C)=O)[C@H](C)O. The molecule has 2 unspecified atom stereocenters. The van der Waals surface area contributed by atoms with E-state index in [1.807, 2.05) is 0 Å². The van der Waals surface area contributed by atoms with Gasteiger partial charge in [0.2, 0.25) is 5.65 Å². The van der Waals surface area contributed by atoms with Gasteiger partial charge >= 0.3 is 0 Å². The summed E-state index contributed by atoms with van der Waals surface area (Å²) in [6.07, 6.45) is -0.831. The smallest absolute Gasteiger partial charge is 0.238 e. The molecule has 0 heterocycles. The van der Waals surface area contributed by atoms with E-state index < -0.39 is 12.1 Å². The molecule has 0 aromatic rings. The Kier molecular flexibility index (Phi) is 5.02. The van der Waals surface area contributed by atoms with E-state index in [1.54, 1.807) is 6.66 Å². The molecule has 4 nitrogen and oxygen atoms in total. The summed E-state index contributed by atoms with van der Waals surface area (Å²) >= 11 is 0. The van der Waals surface area contributed by atoms with Crippen LogP contribution in [0.25, 0.3) is 0 Å². The highest BCUT2D eigenvalue weighted by molar-refractivity contribution is 7.56. The predicted octanol–water partition coefficient (Wildman–Crippen LogP) is 0.343. The Labute approximate surface area is 73.5 Å². The first-order valence-corrected chi connectivity index (χ1v) is 5.15. The number of aliphatic hydroxyl groups is 1. The molecule has 70 valence electrons. The van der Waals surface area contributed by atoms with Gasteiger partial charge in [0, 0.05) is 0 Å². The maximum Gasteiger partial charge on any atom is 0.238 e. The molecular formula is C7H14NO3P. The minimum Gasteiger partial charge on any atom is -0.391 e. The van der Waals surface area contributed by atoms with Gasteiger partial charge in [-0.3, -0.25) is 9.59 Å². The van der Waals surface area contributed by atoms with E-state index in [0.29, 0.717) is 0 Å². The molecule has 3 atom stereocenters. The third-order valence-electron chi connectivity index (χ3n) is 1.43. The van der Waals surface area contributed by atoms with Gasteiger partial charge in [-0.1, -0.05) is 0 Å². The standard InChI is InChI=1S/C7H14NO3P/c1-4(9)6(5(2)10)8-7(11)12-3/h4,6,9,12H,1-3H3,(H,8,11)/t4-,6?/m0/s1. The molecule has 0 rings (SSSR count). The quantitative estimate of drug-likeness (QED) is 0.630. The third-order valence-corrected chi connectivity index (χ3v) is 2.03. The van der Waals surface area contributed by atoms with Crippen LogP contribution in [-0.2, 0) is 4.79 Å². The van der Waals surface area contributed by atoms with Gasteiger partial charge in [0.05, 0.1) is 6.10 Å².